The Kier molecular flexibility index (Phi) is 5.17. The minimum absolute atomic E-state index is 0.482. The molecule has 0 radical (unpaired) electrons. The van der Waals surface area contributed by atoms with Crippen LogP contribution in [-0.2, 0) is 0 Å². The molecule has 5 heteroatoms. The SMILES string of the molecule is CCCNc1ncnc(N2CCCN(C)CC2C)c1C. The van der Waals surface area contributed by atoms with Gasteiger partial charge in [-0.3, -0.25) is 0 Å². The molecule has 0 aromatic carbocycles. The number of rotatable bonds is 4. The van der Waals surface area contributed by atoms with Crippen LogP contribution in [-0.4, -0.2) is 54.1 Å². The predicted molar refractivity (Wildman–Crippen MR) is 84.5 cm³/mol. The van der Waals surface area contributed by atoms with Crippen LogP contribution in [0.1, 0.15) is 32.3 Å². The van der Waals surface area contributed by atoms with Crippen molar-refractivity contribution in [1.29, 1.82) is 0 Å². The maximum atomic E-state index is 4.54. The molecule has 5 nitrogen and oxygen atoms in total. The van der Waals surface area contributed by atoms with Crippen LogP contribution in [0.3, 0.4) is 0 Å². The van der Waals surface area contributed by atoms with Crippen molar-refractivity contribution < 1.29 is 0 Å². The van der Waals surface area contributed by atoms with Gasteiger partial charge in [-0.05, 0) is 40.3 Å². The lowest BCUT2D eigenvalue weighted by molar-refractivity contribution is 0.337. The zero-order chi connectivity index (χ0) is 14.5. The van der Waals surface area contributed by atoms with Crippen LogP contribution in [0.25, 0.3) is 0 Å². The van der Waals surface area contributed by atoms with Gasteiger partial charge < -0.3 is 15.1 Å². The van der Waals surface area contributed by atoms with Crippen molar-refractivity contribution in [1.82, 2.24) is 14.9 Å². The highest BCUT2D eigenvalue weighted by Crippen LogP contribution is 2.25. The number of nitrogens with one attached hydrogen (secondary N) is 1. The van der Waals surface area contributed by atoms with Gasteiger partial charge in [0.05, 0.1) is 0 Å². The van der Waals surface area contributed by atoms with Gasteiger partial charge in [-0.15, -0.1) is 0 Å². The molecule has 0 aliphatic carbocycles. The van der Waals surface area contributed by atoms with Gasteiger partial charge in [0.2, 0.25) is 0 Å². The molecule has 1 aromatic heterocycles. The smallest absolute Gasteiger partial charge is 0.137 e. The maximum absolute atomic E-state index is 4.54. The number of hydrogen-bond acceptors (Lipinski definition) is 5. The van der Waals surface area contributed by atoms with Gasteiger partial charge in [-0.25, -0.2) is 9.97 Å². The summed E-state index contributed by atoms with van der Waals surface area (Å²) in [6.07, 6.45) is 3.97. The Labute approximate surface area is 122 Å². The summed E-state index contributed by atoms with van der Waals surface area (Å²) >= 11 is 0. The summed E-state index contributed by atoms with van der Waals surface area (Å²) in [6.45, 7) is 10.8. The topological polar surface area (TPSA) is 44.3 Å². The third-order valence-corrected chi connectivity index (χ3v) is 3.92. The van der Waals surface area contributed by atoms with Crippen molar-refractivity contribution in [2.45, 2.75) is 39.7 Å². The van der Waals surface area contributed by atoms with Gasteiger partial charge in [0, 0.05) is 31.2 Å². The summed E-state index contributed by atoms with van der Waals surface area (Å²) in [5.74, 6) is 2.06. The van der Waals surface area contributed by atoms with Gasteiger partial charge >= 0.3 is 0 Å². The van der Waals surface area contributed by atoms with Gasteiger partial charge in [0.25, 0.3) is 0 Å². The number of likely N-dealkylation sites (N-methyl/N-ethyl adjacent to an activating group) is 1. The van der Waals surface area contributed by atoms with Crippen molar-refractivity contribution in [2.24, 2.45) is 0 Å². The average molecular weight is 277 g/mol. The van der Waals surface area contributed by atoms with Crippen molar-refractivity contribution in [2.75, 3.05) is 43.4 Å². The molecule has 0 spiro atoms. The molecule has 1 unspecified atom stereocenters. The van der Waals surface area contributed by atoms with E-state index in [0.29, 0.717) is 6.04 Å². The first-order valence-corrected chi connectivity index (χ1v) is 7.64. The summed E-state index contributed by atoms with van der Waals surface area (Å²) in [5.41, 5.74) is 1.16. The van der Waals surface area contributed by atoms with E-state index < -0.39 is 0 Å². The normalized spacial score (nSPS) is 20.8. The quantitative estimate of drug-likeness (QED) is 0.913. The molecular formula is C15H27N5. The van der Waals surface area contributed by atoms with Gasteiger partial charge in [-0.1, -0.05) is 6.92 Å². The summed E-state index contributed by atoms with van der Waals surface area (Å²) in [5, 5.41) is 3.39. The Hall–Kier alpha value is -1.36. The number of anilines is 2. The van der Waals surface area contributed by atoms with E-state index in [-0.39, 0.29) is 0 Å². The van der Waals surface area contributed by atoms with E-state index >= 15 is 0 Å². The van der Waals surface area contributed by atoms with E-state index in [9.17, 15) is 0 Å². The van der Waals surface area contributed by atoms with Crippen LogP contribution in [0.15, 0.2) is 6.33 Å². The fraction of sp³-hybridized carbons (Fsp3) is 0.733. The first-order valence-electron chi connectivity index (χ1n) is 7.64. The molecule has 1 N–H and O–H groups in total. The molecule has 2 rings (SSSR count). The molecule has 1 aliphatic rings. The molecule has 1 aromatic rings. The molecule has 0 amide bonds. The van der Waals surface area contributed by atoms with Crippen LogP contribution in [0.5, 0.6) is 0 Å². The van der Waals surface area contributed by atoms with Crippen molar-refractivity contribution >= 4 is 11.6 Å². The first kappa shape index (κ1) is 15.0. The fourth-order valence-corrected chi connectivity index (χ4v) is 2.84. The zero-order valence-corrected chi connectivity index (χ0v) is 13.2. The Balaban J connectivity index is 2.22. The molecule has 0 bridgehead atoms. The highest BCUT2D eigenvalue weighted by Gasteiger charge is 2.23. The molecular weight excluding hydrogens is 250 g/mol. The maximum Gasteiger partial charge on any atom is 0.137 e. The second-order valence-electron chi connectivity index (χ2n) is 5.76. The van der Waals surface area contributed by atoms with E-state index in [1.165, 1.54) is 6.42 Å². The Morgan fingerprint density at radius 2 is 2.15 bits per heavy atom. The number of hydrogen-bond donors (Lipinski definition) is 1. The summed E-state index contributed by atoms with van der Waals surface area (Å²) in [4.78, 5) is 13.7. The molecule has 1 aliphatic heterocycles. The van der Waals surface area contributed by atoms with Gasteiger partial charge in [0.1, 0.15) is 18.0 Å². The summed E-state index contributed by atoms with van der Waals surface area (Å²) in [6, 6.07) is 0.482. The summed E-state index contributed by atoms with van der Waals surface area (Å²) < 4.78 is 0. The number of aromatic nitrogens is 2. The molecule has 1 fully saturated rings. The second-order valence-corrected chi connectivity index (χ2v) is 5.76. The lowest BCUT2D eigenvalue weighted by atomic mass is 10.2. The van der Waals surface area contributed by atoms with Crippen LogP contribution < -0.4 is 10.2 Å². The lowest BCUT2D eigenvalue weighted by Crippen LogP contribution is -2.39. The van der Waals surface area contributed by atoms with Crippen molar-refractivity contribution in [3.05, 3.63) is 11.9 Å². The summed E-state index contributed by atoms with van der Waals surface area (Å²) in [7, 11) is 2.20. The van der Waals surface area contributed by atoms with E-state index in [2.05, 4.69) is 52.9 Å². The first-order chi connectivity index (χ1) is 9.63. The zero-order valence-electron chi connectivity index (χ0n) is 13.2. The third-order valence-electron chi connectivity index (χ3n) is 3.92. The molecule has 2 heterocycles. The number of nitrogens with zero attached hydrogens (tertiary/aromatic N) is 4. The average Bonchev–Trinajstić information content (AvgIpc) is 2.58. The van der Waals surface area contributed by atoms with Crippen LogP contribution in [0, 0.1) is 6.92 Å². The van der Waals surface area contributed by atoms with E-state index in [1.54, 1.807) is 6.33 Å². The minimum atomic E-state index is 0.482. The molecule has 0 saturated carbocycles. The molecule has 1 saturated heterocycles. The van der Waals surface area contributed by atoms with Crippen LogP contribution in [0.4, 0.5) is 11.6 Å². The van der Waals surface area contributed by atoms with E-state index in [1.807, 2.05) is 0 Å². The third kappa shape index (κ3) is 3.39. The largest absolute Gasteiger partial charge is 0.370 e. The van der Waals surface area contributed by atoms with Gasteiger partial charge in [-0.2, -0.15) is 0 Å². The fourth-order valence-electron chi connectivity index (χ4n) is 2.84. The molecule has 112 valence electrons. The predicted octanol–water partition coefficient (Wildman–Crippen LogP) is 2.14. The Bertz CT molecular complexity index is 434. The van der Waals surface area contributed by atoms with Gasteiger partial charge in [0.15, 0.2) is 0 Å². The lowest BCUT2D eigenvalue weighted by Gasteiger charge is -2.30. The Morgan fingerprint density at radius 3 is 2.90 bits per heavy atom. The van der Waals surface area contributed by atoms with Crippen molar-refractivity contribution in [3.8, 4) is 0 Å². The Morgan fingerprint density at radius 1 is 1.35 bits per heavy atom. The highest BCUT2D eigenvalue weighted by atomic mass is 15.3. The molecule has 20 heavy (non-hydrogen) atoms. The molecule has 1 atom stereocenters. The standard InChI is InChI=1S/C15H27N5/c1-5-7-16-14-13(3)15(18-11-17-14)20-9-6-8-19(4)10-12(20)2/h11-12H,5-10H2,1-4H3,(H,16,17,18). The van der Waals surface area contributed by atoms with Crippen LogP contribution in [0.2, 0.25) is 0 Å². The monoisotopic (exact) mass is 277 g/mol. The van der Waals surface area contributed by atoms with E-state index in [4.69, 9.17) is 0 Å². The second kappa shape index (κ2) is 6.88. The highest BCUT2D eigenvalue weighted by molar-refractivity contribution is 5.58. The minimum Gasteiger partial charge on any atom is -0.370 e. The van der Waals surface area contributed by atoms with Crippen LogP contribution >= 0.6 is 0 Å². The van der Waals surface area contributed by atoms with E-state index in [0.717, 1.165) is 49.8 Å². The van der Waals surface area contributed by atoms with Crippen molar-refractivity contribution in [3.63, 3.8) is 0 Å².